The number of nitrogens with zero attached hydrogens (tertiary/aromatic N) is 1. The fourth-order valence-electron chi connectivity index (χ4n) is 3.90. The maximum absolute atomic E-state index is 13.2. The number of nitrogens with two attached hydrogens (primary N) is 2. The number of sulfonamides is 1. The topological polar surface area (TPSA) is 116 Å². The molecule has 7 heteroatoms. The van der Waals surface area contributed by atoms with Crippen LogP contribution in [0.5, 0.6) is 0 Å². The van der Waals surface area contributed by atoms with Gasteiger partial charge in [-0.05, 0) is 41.4 Å². The number of benzene rings is 2. The number of carbonyl (C=O) groups is 1. The number of primary sulfonamides is 1. The molecule has 6 nitrogen and oxygen atoms in total. The zero-order chi connectivity index (χ0) is 23.3. The predicted molar refractivity (Wildman–Crippen MR) is 126 cm³/mol. The lowest BCUT2D eigenvalue weighted by Crippen LogP contribution is -2.16. The van der Waals surface area contributed by atoms with Gasteiger partial charge in [0.25, 0.3) is 0 Å². The van der Waals surface area contributed by atoms with Crippen molar-refractivity contribution in [3.05, 3.63) is 77.0 Å². The molecule has 2 aromatic carbocycles. The first kappa shape index (κ1) is 22.2. The van der Waals surface area contributed by atoms with Crippen LogP contribution in [0.1, 0.15) is 66.6 Å². The number of rotatable bonds is 5. The Kier molecular flexibility index (Phi) is 5.43. The molecule has 0 radical (unpaired) electrons. The second kappa shape index (κ2) is 7.83. The number of anilines is 1. The number of aromatic nitrogens is 1. The van der Waals surface area contributed by atoms with Gasteiger partial charge in [-0.1, -0.05) is 63.2 Å². The minimum absolute atomic E-state index is 0.0290. The van der Waals surface area contributed by atoms with E-state index in [0.29, 0.717) is 22.3 Å². The average molecular weight is 450 g/mol. The summed E-state index contributed by atoms with van der Waals surface area (Å²) in [6.45, 7) is 6.32. The largest absolute Gasteiger partial charge is 0.383 e. The van der Waals surface area contributed by atoms with E-state index in [1.807, 2.05) is 12.1 Å². The van der Waals surface area contributed by atoms with Gasteiger partial charge in [-0.3, -0.25) is 4.79 Å². The summed E-state index contributed by atoms with van der Waals surface area (Å²) in [6.07, 6.45) is 3.34. The van der Waals surface area contributed by atoms with E-state index in [-0.39, 0.29) is 33.4 Å². The maximum atomic E-state index is 13.2. The van der Waals surface area contributed by atoms with Crippen molar-refractivity contribution in [1.29, 1.82) is 0 Å². The van der Waals surface area contributed by atoms with Gasteiger partial charge in [0.15, 0.2) is 5.78 Å². The summed E-state index contributed by atoms with van der Waals surface area (Å²) < 4.78 is 24.9. The van der Waals surface area contributed by atoms with Crippen LogP contribution in [0.25, 0.3) is 11.1 Å². The van der Waals surface area contributed by atoms with E-state index >= 15 is 0 Å². The molecule has 0 saturated heterocycles. The number of ketones is 1. The average Bonchev–Trinajstić information content (AvgIpc) is 3.57. The molecular weight excluding hydrogens is 422 g/mol. The van der Waals surface area contributed by atoms with Crippen LogP contribution in [-0.2, 0) is 15.4 Å². The lowest BCUT2D eigenvalue weighted by atomic mass is 9.86. The van der Waals surface area contributed by atoms with Crippen LogP contribution < -0.4 is 10.9 Å². The van der Waals surface area contributed by atoms with Crippen LogP contribution in [0.4, 0.5) is 5.82 Å². The van der Waals surface area contributed by atoms with Gasteiger partial charge >= 0.3 is 0 Å². The molecule has 0 atom stereocenters. The standard InChI is InChI=1S/C25H27N3O3S/c1-25(2,3)18-11-9-16(10-12-18)22(29)21-13-17(14-28-24(21)26)20-6-4-5-19(15-7-8-15)23(20)32(27,30)31/h4-6,9-15H,7-8H2,1-3H3,(H2,26,28)(H2,27,30,31). The van der Waals surface area contributed by atoms with Gasteiger partial charge in [-0.25, -0.2) is 18.5 Å². The third kappa shape index (κ3) is 4.31. The van der Waals surface area contributed by atoms with E-state index < -0.39 is 10.0 Å². The van der Waals surface area contributed by atoms with Gasteiger partial charge in [0.1, 0.15) is 5.82 Å². The molecule has 0 bridgehead atoms. The maximum Gasteiger partial charge on any atom is 0.238 e. The second-order valence-corrected chi connectivity index (χ2v) is 10.9. The molecule has 0 unspecified atom stereocenters. The molecule has 4 rings (SSSR count). The highest BCUT2D eigenvalue weighted by Gasteiger charge is 2.31. The highest BCUT2D eigenvalue weighted by atomic mass is 32.2. The molecule has 1 aliphatic rings. The molecule has 1 fully saturated rings. The van der Waals surface area contributed by atoms with E-state index in [9.17, 15) is 13.2 Å². The first-order chi connectivity index (χ1) is 15.0. The highest BCUT2D eigenvalue weighted by Crippen LogP contribution is 2.45. The van der Waals surface area contributed by atoms with Crippen molar-refractivity contribution in [3.63, 3.8) is 0 Å². The van der Waals surface area contributed by atoms with E-state index in [1.54, 1.807) is 36.4 Å². The summed E-state index contributed by atoms with van der Waals surface area (Å²) in [5.41, 5.74) is 9.47. The molecule has 0 amide bonds. The smallest absolute Gasteiger partial charge is 0.238 e. The lowest BCUT2D eigenvalue weighted by molar-refractivity contribution is 0.103. The Morgan fingerprint density at radius 3 is 2.28 bits per heavy atom. The summed E-state index contributed by atoms with van der Waals surface area (Å²) in [6, 6.07) is 14.3. The molecule has 1 saturated carbocycles. The molecule has 3 aromatic rings. The molecule has 4 N–H and O–H groups in total. The highest BCUT2D eigenvalue weighted by molar-refractivity contribution is 7.89. The minimum Gasteiger partial charge on any atom is -0.383 e. The van der Waals surface area contributed by atoms with Crippen LogP contribution in [-0.4, -0.2) is 19.2 Å². The Bertz CT molecular complexity index is 1300. The van der Waals surface area contributed by atoms with Gasteiger partial charge in [0.05, 0.1) is 10.5 Å². The zero-order valence-electron chi connectivity index (χ0n) is 18.4. The molecule has 1 heterocycles. The fourth-order valence-corrected chi connectivity index (χ4v) is 4.95. The molecule has 0 aliphatic heterocycles. The molecular formula is C25H27N3O3S. The predicted octanol–water partition coefficient (Wildman–Crippen LogP) is 4.38. The van der Waals surface area contributed by atoms with Crippen molar-refractivity contribution in [1.82, 2.24) is 4.98 Å². The normalized spacial score (nSPS) is 14.4. The quantitative estimate of drug-likeness (QED) is 0.561. The zero-order valence-corrected chi connectivity index (χ0v) is 19.2. The van der Waals surface area contributed by atoms with Crippen LogP contribution in [0.15, 0.2) is 59.6 Å². The van der Waals surface area contributed by atoms with E-state index in [4.69, 9.17) is 10.9 Å². The Morgan fingerprint density at radius 1 is 1.06 bits per heavy atom. The minimum atomic E-state index is -3.98. The number of carbonyl (C=O) groups excluding carboxylic acids is 1. The molecule has 1 aromatic heterocycles. The molecule has 1 aliphatic carbocycles. The molecule has 0 spiro atoms. The number of hydrogen-bond donors (Lipinski definition) is 2. The van der Waals surface area contributed by atoms with E-state index in [1.165, 1.54) is 6.20 Å². The summed E-state index contributed by atoms with van der Waals surface area (Å²) in [5, 5.41) is 5.59. The SMILES string of the molecule is CC(C)(C)c1ccc(C(=O)c2cc(-c3cccc(C4CC4)c3S(N)(=O)=O)cnc2N)cc1. The van der Waals surface area contributed by atoms with Crippen molar-refractivity contribution in [2.45, 2.75) is 49.8 Å². The lowest BCUT2D eigenvalue weighted by Gasteiger charge is -2.19. The van der Waals surface area contributed by atoms with Crippen LogP contribution >= 0.6 is 0 Å². The second-order valence-electron chi connectivity index (χ2n) is 9.36. The van der Waals surface area contributed by atoms with Gasteiger partial charge in [-0.15, -0.1) is 0 Å². The number of hydrogen-bond acceptors (Lipinski definition) is 5. The first-order valence-electron chi connectivity index (χ1n) is 10.5. The summed E-state index contributed by atoms with van der Waals surface area (Å²) >= 11 is 0. The Hall–Kier alpha value is -3.03. The Balaban J connectivity index is 1.79. The van der Waals surface area contributed by atoms with Gasteiger partial charge < -0.3 is 5.73 Å². The van der Waals surface area contributed by atoms with Crippen LogP contribution in [0, 0.1) is 0 Å². The van der Waals surface area contributed by atoms with Gasteiger partial charge in [0, 0.05) is 22.9 Å². The van der Waals surface area contributed by atoms with Gasteiger partial charge in [-0.2, -0.15) is 0 Å². The van der Waals surface area contributed by atoms with Crippen molar-refractivity contribution in [2.75, 3.05) is 5.73 Å². The van der Waals surface area contributed by atoms with E-state index in [0.717, 1.165) is 18.4 Å². The fraction of sp³-hybridized carbons (Fsp3) is 0.280. The third-order valence-electron chi connectivity index (χ3n) is 5.83. The Labute approximate surface area is 188 Å². The van der Waals surface area contributed by atoms with Crippen LogP contribution in [0.3, 0.4) is 0 Å². The van der Waals surface area contributed by atoms with Crippen molar-refractivity contribution in [2.24, 2.45) is 5.14 Å². The van der Waals surface area contributed by atoms with Crippen molar-refractivity contribution >= 4 is 21.6 Å². The van der Waals surface area contributed by atoms with Gasteiger partial charge in [0.2, 0.25) is 10.0 Å². The summed E-state index contributed by atoms with van der Waals surface area (Å²) in [4.78, 5) is 17.5. The van der Waals surface area contributed by atoms with Crippen molar-refractivity contribution in [3.8, 4) is 11.1 Å². The van der Waals surface area contributed by atoms with Crippen LogP contribution in [0.2, 0.25) is 0 Å². The van der Waals surface area contributed by atoms with E-state index in [2.05, 4.69) is 25.8 Å². The Morgan fingerprint density at radius 2 is 1.72 bits per heavy atom. The third-order valence-corrected chi connectivity index (χ3v) is 6.86. The molecule has 166 valence electrons. The molecule has 32 heavy (non-hydrogen) atoms. The number of nitrogen functional groups attached to an aromatic ring is 1. The summed E-state index contributed by atoms with van der Waals surface area (Å²) in [7, 11) is -3.98. The summed E-state index contributed by atoms with van der Waals surface area (Å²) in [5.74, 6) is 0.00872. The number of pyridine rings is 1. The monoisotopic (exact) mass is 449 g/mol. The van der Waals surface area contributed by atoms with Crippen molar-refractivity contribution < 1.29 is 13.2 Å². The first-order valence-corrected chi connectivity index (χ1v) is 12.1.